The van der Waals surface area contributed by atoms with Gasteiger partial charge in [0.25, 0.3) is 5.91 Å². The predicted molar refractivity (Wildman–Crippen MR) is 110 cm³/mol. The third-order valence-electron chi connectivity index (χ3n) is 5.17. The van der Waals surface area contributed by atoms with E-state index in [1.165, 1.54) is 6.07 Å². The first-order valence-corrected chi connectivity index (χ1v) is 10.0. The monoisotopic (exact) mass is 404 g/mol. The van der Waals surface area contributed by atoms with Crippen LogP contribution < -0.4 is 10.6 Å². The summed E-state index contributed by atoms with van der Waals surface area (Å²) in [6, 6.07) is 8.76. The molecule has 1 saturated heterocycles. The molecule has 1 aliphatic heterocycles. The number of nitrogens with one attached hydrogen (secondary N) is 2. The lowest BCUT2D eigenvalue weighted by molar-refractivity contribution is 0.0953. The van der Waals surface area contributed by atoms with E-state index in [1.54, 1.807) is 18.3 Å². The van der Waals surface area contributed by atoms with Crippen LogP contribution in [-0.4, -0.2) is 42.5 Å². The number of rotatable bonds is 7. The Labute approximate surface area is 170 Å². The molecule has 150 valence electrons. The highest BCUT2D eigenvalue weighted by molar-refractivity contribution is 6.30. The van der Waals surface area contributed by atoms with Crippen LogP contribution in [0.15, 0.2) is 36.5 Å². The Morgan fingerprint density at radius 2 is 2.18 bits per heavy atom. The van der Waals surface area contributed by atoms with E-state index in [9.17, 15) is 9.18 Å². The number of amides is 1. The van der Waals surface area contributed by atoms with Crippen LogP contribution in [0.25, 0.3) is 0 Å². The van der Waals surface area contributed by atoms with Crippen molar-refractivity contribution in [3.05, 3.63) is 58.5 Å². The van der Waals surface area contributed by atoms with Gasteiger partial charge in [-0.05, 0) is 62.2 Å². The Hall–Kier alpha value is -2.18. The Kier molecular flexibility index (Phi) is 6.86. The van der Waals surface area contributed by atoms with E-state index in [2.05, 4.69) is 27.6 Å². The lowest BCUT2D eigenvalue weighted by Crippen LogP contribution is -2.25. The molecule has 2 aromatic rings. The van der Waals surface area contributed by atoms with Gasteiger partial charge in [-0.1, -0.05) is 24.6 Å². The van der Waals surface area contributed by atoms with Crippen LogP contribution in [0, 0.1) is 11.7 Å². The van der Waals surface area contributed by atoms with Crippen LogP contribution in [-0.2, 0) is 0 Å². The van der Waals surface area contributed by atoms with Crippen LogP contribution in [0.4, 0.5) is 10.2 Å². The minimum absolute atomic E-state index is 0.108. The molecule has 0 spiro atoms. The summed E-state index contributed by atoms with van der Waals surface area (Å²) in [6.45, 7) is 4.33. The first kappa shape index (κ1) is 20.6. The SMILES string of the molecule is CCCNC(=O)c1ccc(NCC2CCN(C)C2c2ccc(Cl)c(F)c2)nc1. The molecule has 0 radical (unpaired) electrons. The van der Waals surface area contributed by atoms with E-state index in [4.69, 9.17) is 11.6 Å². The van der Waals surface area contributed by atoms with Crippen LogP contribution in [0.2, 0.25) is 5.02 Å². The van der Waals surface area contributed by atoms with Crippen LogP contribution in [0.1, 0.15) is 41.7 Å². The fourth-order valence-electron chi connectivity index (χ4n) is 3.67. The number of nitrogens with zero attached hydrogens (tertiary/aromatic N) is 2. The van der Waals surface area contributed by atoms with E-state index in [0.717, 1.165) is 30.8 Å². The smallest absolute Gasteiger partial charge is 0.252 e. The number of hydrogen-bond acceptors (Lipinski definition) is 4. The lowest BCUT2D eigenvalue weighted by atomic mass is 9.93. The number of likely N-dealkylation sites (tertiary alicyclic amines) is 1. The third kappa shape index (κ3) is 4.80. The minimum Gasteiger partial charge on any atom is -0.370 e. The van der Waals surface area contributed by atoms with Crippen molar-refractivity contribution in [3.8, 4) is 0 Å². The summed E-state index contributed by atoms with van der Waals surface area (Å²) in [5, 5.41) is 6.33. The zero-order valence-electron chi connectivity index (χ0n) is 16.2. The topological polar surface area (TPSA) is 57.3 Å². The second kappa shape index (κ2) is 9.34. The zero-order valence-corrected chi connectivity index (χ0v) is 17.0. The Morgan fingerprint density at radius 3 is 2.86 bits per heavy atom. The number of aromatic nitrogens is 1. The number of carbonyl (C=O) groups excluding carboxylic acids is 1. The van der Waals surface area contributed by atoms with Crippen molar-refractivity contribution >= 4 is 23.3 Å². The van der Waals surface area contributed by atoms with Crippen molar-refractivity contribution in [3.63, 3.8) is 0 Å². The Balaban J connectivity index is 1.63. The maximum Gasteiger partial charge on any atom is 0.252 e. The molecule has 2 unspecified atom stereocenters. The predicted octanol–water partition coefficient (Wildman–Crippen LogP) is 4.12. The van der Waals surface area contributed by atoms with Crippen molar-refractivity contribution < 1.29 is 9.18 Å². The van der Waals surface area contributed by atoms with Crippen molar-refractivity contribution in [2.24, 2.45) is 5.92 Å². The highest BCUT2D eigenvalue weighted by Crippen LogP contribution is 2.37. The van der Waals surface area contributed by atoms with Gasteiger partial charge < -0.3 is 10.6 Å². The highest BCUT2D eigenvalue weighted by atomic mass is 35.5. The molecule has 1 aromatic heterocycles. The number of pyridine rings is 1. The summed E-state index contributed by atoms with van der Waals surface area (Å²) in [6.07, 6.45) is 3.49. The summed E-state index contributed by atoms with van der Waals surface area (Å²) >= 11 is 5.83. The Bertz CT molecular complexity index is 815. The first-order chi connectivity index (χ1) is 13.5. The molecule has 28 heavy (non-hydrogen) atoms. The molecule has 2 atom stereocenters. The summed E-state index contributed by atoms with van der Waals surface area (Å²) in [4.78, 5) is 18.5. The van der Waals surface area contributed by atoms with Crippen molar-refractivity contribution in [1.29, 1.82) is 0 Å². The number of anilines is 1. The molecule has 2 heterocycles. The summed E-state index contributed by atoms with van der Waals surface area (Å²) in [7, 11) is 2.05. The fraction of sp³-hybridized carbons (Fsp3) is 0.429. The van der Waals surface area contributed by atoms with Crippen molar-refractivity contribution in [1.82, 2.24) is 15.2 Å². The third-order valence-corrected chi connectivity index (χ3v) is 5.47. The van der Waals surface area contributed by atoms with E-state index >= 15 is 0 Å². The van der Waals surface area contributed by atoms with Gasteiger partial charge in [-0.25, -0.2) is 9.37 Å². The fourth-order valence-corrected chi connectivity index (χ4v) is 3.79. The summed E-state index contributed by atoms with van der Waals surface area (Å²) in [5.41, 5.74) is 1.48. The van der Waals surface area contributed by atoms with E-state index in [0.29, 0.717) is 24.6 Å². The molecule has 2 N–H and O–H groups in total. The number of carbonyl (C=O) groups is 1. The zero-order chi connectivity index (χ0) is 20.1. The van der Waals surface area contributed by atoms with Gasteiger partial charge in [0.15, 0.2) is 0 Å². The van der Waals surface area contributed by atoms with Gasteiger partial charge in [0, 0.05) is 25.3 Å². The van der Waals surface area contributed by atoms with Crippen molar-refractivity contribution in [2.45, 2.75) is 25.8 Å². The standard InChI is InChI=1S/C21H26ClFN4O/c1-3-9-24-21(28)16-5-7-19(26-13-16)25-12-15-8-10-27(2)20(15)14-4-6-17(22)18(23)11-14/h4-7,11,13,15,20H,3,8-10,12H2,1-2H3,(H,24,28)(H,25,26). The average molecular weight is 405 g/mol. The van der Waals surface area contributed by atoms with Crippen LogP contribution >= 0.6 is 11.6 Å². The molecule has 0 aliphatic carbocycles. The number of halogens is 2. The molecule has 3 rings (SSSR count). The normalized spacial score (nSPS) is 19.6. The number of benzene rings is 1. The van der Waals surface area contributed by atoms with E-state index in [-0.39, 0.29) is 22.8 Å². The number of hydrogen-bond donors (Lipinski definition) is 2. The van der Waals surface area contributed by atoms with E-state index in [1.807, 2.05) is 19.1 Å². The molecule has 1 fully saturated rings. The van der Waals surface area contributed by atoms with Gasteiger partial charge in [-0.15, -0.1) is 0 Å². The molecule has 7 heteroatoms. The van der Waals surface area contributed by atoms with Crippen LogP contribution in [0.3, 0.4) is 0 Å². The maximum atomic E-state index is 13.9. The molecule has 5 nitrogen and oxygen atoms in total. The van der Waals surface area contributed by atoms with Gasteiger partial charge in [0.05, 0.1) is 10.6 Å². The molecule has 0 saturated carbocycles. The molecule has 0 bridgehead atoms. The molecular weight excluding hydrogens is 379 g/mol. The second-order valence-electron chi connectivity index (χ2n) is 7.22. The average Bonchev–Trinajstić information content (AvgIpc) is 3.07. The maximum absolute atomic E-state index is 13.9. The lowest BCUT2D eigenvalue weighted by Gasteiger charge is -2.26. The second-order valence-corrected chi connectivity index (χ2v) is 7.62. The summed E-state index contributed by atoms with van der Waals surface area (Å²) in [5.74, 6) is 0.551. The molecule has 1 aliphatic rings. The molecule has 1 aromatic carbocycles. The Morgan fingerprint density at radius 1 is 1.36 bits per heavy atom. The van der Waals surface area contributed by atoms with Gasteiger partial charge in [0.2, 0.25) is 0 Å². The first-order valence-electron chi connectivity index (χ1n) is 9.63. The summed E-state index contributed by atoms with van der Waals surface area (Å²) < 4.78 is 13.9. The minimum atomic E-state index is -0.384. The van der Waals surface area contributed by atoms with Gasteiger partial charge in [-0.2, -0.15) is 0 Å². The van der Waals surface area contributed by atoms with Gasteiger partial charge in [0.1, 0.15) is 11.6 Å². The van der Waals surface area contributed by atoms with E-state index < -0.39 is 0 Å². The van der Waals surface area contributed by atoms with Crippen molar-refractivity contribution in [2.75, 3.05) is 32.0 Å². The quantitative estimate of drug-likeness (QED) is 0.728. The largest absolute Gasteiger partial charge is 0.370 e. The highest BCUT2D eigenvalue weighted by Gasteiger charge is 2.33. The van der Waals surface area contributed by atoms with Crippen LogP contribution in [0.5, 0.6) is 0 Å². The molecule has 1 amide bonds. The molecular formula is C21H26ClFN4O. The van der Waals surface area contributed by atoms with Gasteiger partial charge >= 0.3 is 0 Å². The van der Waals surface area contributed by atoms with Gasteiger partial charge in [-0.3, -0.25) is 9.69 Å².